The molecule has 1 aromatic heterocycles. The molecule has 0 aliphatic heterocycles. The van der Waals surface area contributed by atoms with E-state index < -0.39 is 0 Å². The molecule has 2 aromatic rings. The van der Waals surface area contributed by atoms with Gasteiger partial charge in [0.2, 0.25) is 5.91 Å². The number of nitrogens with one attached hydrogen (secondary N) is 3. The monoisotopic (exact) mass is 359 g/mol. The highest BCUT2D eigenvalue weighted by atomic mass is 32.1. The molecule has 1 fully saturated rings. The molecule has 0 bridgehead atoms. The quantitative estimate of drug-likeness (QED) is 0.688. The van der Waals surface area contributed by atoms with Crippen molar-refractivity contribution in [3.05, 3.63) is 40.4 Å². The Morgan fingerprint density at radius 3 is 2.84 bits per heavy atom. The predicted molar refractivity (Wildman–Crippen MR) is 96.8 cm³/mol. The van der Waals surface area contributed by atoms with Gasteiger partial charge in [-0.15, -0.1) is 0 Å². The van der Waals surface area contributed by atoms with Crippen LogP contribution in [-0.4, -0.2) is 33.1 Å². The maximum absolute atomic E-state index is 12.3. The van der Waals surface area contributed by atoms with Gasteiger partial charge in [0, 0.05) is 37.2 Å². The number of hydrogen-bond acceptors (Lipinski definition) is 4. The first-order chi connectivity index (χ1) is 12.0. The third-order valence-electron chi connectivity index (χ3n) is 4.45. The zero-order valence-corrected chi connectivity index (χ0v) is 15.0. The van der Waals surface area contributed by atoms with Crippen LogP contribution in [0.5, 0.6) is 0 Å². The molecule has 7 nitrogen and oxygen atoms in total. The van der Waals surface area contributed by atoms with E-state index in [0.29, 0.717) is 34.9 Å². The van der Waals surface area contributed by atoms with Crippen molar-refractivity contribution in [2.24, 2.45) is 18.9 Å². The summed E-state index contributed by atoms with van der Waals surface area (Å²) in [7, 11) is 1.83. The Balaban J connectivity index is 1.55. The average molecular weight is 359 g/mol. The molecule has 2 amide bonds. The molecule has 1 aliphatic carbocycles. The van der Waals surface area contributed by atoms with Gasteiger partial charge in [0.05, 0.1) is 0 Å². The number of anilines is 1. The number of aromatic nitrogens is 3. The van der Waals surface area contributed by atoms with Crippen LogP contribution in [0.3, 0.4) is 0 Å². The Bertz CT molecular complexity index is 857. The van der Waals surface area contributed by atoms with Gasteiger partial charge in [-0.25, -0.2) is 0 Å². The van der Waals surface area contributed by atoms with Gasteiger partial charge in [0.1, 0.15) is 5.82 Å². The zero-order valence-electron chi connectivity index (χ0n) is 14.2. The molecule has 3 rings (SSSR count). The van der Waals surface area contributed by atoms with Crippen LogP contribution in [0.25, 0.3) is 0 Å². The van der Waals surface area contributed by atoms with Gasteiger partial charge in [-0.2, -0.15) is 5.10 Å². The number of hydrogen-bond donors (Lipinski definition) is 3. The first-order valence-electron chi connectivity index (χ1n) is 8.25. The molecule has 2 unspecified atom stereocenters. The number of carbonyl (C=O) groups excluding carboxylic acids is 2. The first-order valence-corrected chi connectivity index (χ1v) is 8.66. The van der Waals surface area contributed by atoms with E-state index >= 15 is 0 Å². The van der Waals surface area contributed by atoms with E-state index in [2.05, 4.69) is 27.8 Å². The fourth-order valence-corrected chi connectivity index (χ4v) is 2.80. The van der Waals surface area contributed by atoms with E-state index in [0.717, 1.165) is 12.2 Å². The number of rotatable bonds is 6. The van der Waals surface area contributed by atoms with Crippen molar-refractivity contribution < 1.29 is 9.59 Å². The molecule has 3 N–H and O–H groups in total. The summed E-state index contributed by atoms with van der Waals surface area (Å²) in [5.74, 6) is 1.17. The third-order valence-corrected chi connectivity index (χ3v) is 4.81. The lowest BCUT2D eigenvalue weighted by molar-refractivity contribution is -0.117. The number of H-pyrrole nitrogens is 1. The minimum absolute atomic E-state index is 0.0239. The van der Waals surface area contributed by atoms with Crippen molar-refractivity contribution in [2.75, 3.05) is 11.9 Å². The van der Waals surface area contributed by atoms with Gasteiger partial charge >= 0.3 is 0 Å². The van der Waals surface area contributed by atoms with Crippen molar-refractivity contribution in [3.63, 3.8) is 0 Å². The van der Waals surface area contributed by atoms with Crippen molar-refractivity contribution in [2.45, 2.75) is 19.8 Å². The van der Waals surface area contributed by atoms with E-state index in [-0.39, 0.29) is 17.7 Å². The summed E-state index contributed by atoms with van der Waals surface area (Å²) in [6.07, 6.45) is 1.51. The van der Waals surface area contributed by atoms with Crippen LogP contribution in [0.2, 0.25) is 0 Å². The molecule has 0 radical (unpaired) electrons. The molecule has 0 spiro atoms. The standard InChI is InChI=1S/C17H21N5O2S/c1-10-8-13(10)16(24)19-12-5-3-4-11(9-12)15(23)18-7-6-14-20-21-17(25)22(14)2/h3-5,9-10,13H,6-8H2,1-2H3,(H,18,23)(H,19,24)(H,21,25). The highest BCUT2D eigenvalue weighted by molar-refractivity contribution is 7.71. The van der Waals surface area contributed by atoms with E-state index in [9.17, 15) is 9.59 Å². The summed E-state index contributed by atoms with van der Waals surface area (Å²) in [5, 5.41) is 12.5. The molecular formula is C17H21N5O2S. The zero-order chi connectivity index (χ0) is 18.0. The molecule has 1 heterocycles. The maximum atomic E-state index is 12.3. The normalized spacial score (nSPS) is 18.6. The Morgan fingerprint density at radius 2 is 2.20 bits per heavy atom. The summed E-state index contributed by atoms with van der Waals surface area (Å²) in [5.41, 5.74) is 1.16. The van der Waals surface area contributed by atoms with Crippen molar-refractivity contribution >= 4 is 29.7 Å². The fourth-order valence-electron chi connectivity index (χ4n) is 2.65. The SMILES string of the molecule is CC1CC1C(=O)Nc1cccc(C(=O)NCCc2n[nH]c(=S)n2C)c1. The predicted octanol–water partition coefficient (Wildman–Crippen LogP) is 2.04. The molecule has 8 heteroatoms. The first kappa shape index (κ1) is 17.3. The lowest BCUT2D eigenvalue weighted by Gasteiger charge is -2.08. The van der Waals surface area contributed by atoms with Crippen molar-refractivity contribution in [1.29, 1.82) is 0 Å². The fraction of sp³-hybridized carbons (Fsp3) is 0.412. The summed E-state index contributed by atoms with van der Waals surface area (Å²) in [6, 6.07) is 6.96. The van der Waals surface area contributed by atoms with Gasteiger partial charge in [0.15, 0.2) is 4.77 Å². The molecule has 0 saturated heterocycles. The Hall–Kier alpha value is -2.48. The summed E-state index contributed by atoms with van der Waals surface area (Å²) in [4.78, 5) is 24.3. The second-order valence-corrected chi connectivity index (χ2v) is 6.79. The van der Waals surface area contributed by atoms with Crippen LogP contribution in [0, 0.1) is 16.6 Å². The number of aromatic amines is 1. The Labute approximate surface area is 150 Å². The Kier molecular flexibility index (Phi) is 4.98. The number of benzene rings is 1. The second-order valence-electron chi connectivity index (χ2n) is 6.40. The number of carbonyl (C=O) groups is 2. The maximum Gasteiger partial charge on any atom is 0.251 e. The van der Waals surface area contributed by atoms with Crippen molar-refractivity contribution in [1.82, 2.24) is 20.1 Å². The second kappa shape index (κ2) is 7.18. The van der Waals surface area contributed by atoms with Gasteiger partial charge in [-0.05, 0) is 42.8 Å². The molecule has 1 aliphatic rings. The summed E-state index contributed by atoms with van der Waals surface area (Å²) >= 11 is 5.05. The van der Waals surface area contributed by atoms with Gasteiger partial charge < -0.3 is 15.2 Å². The largest absolute Gasteiger partial charge is 0.352 e. The minimum atomic E-state index is -0.187. The molecule has 25 heavy (non-hydrogen) atoms. The highest BCUT2D eigenvalue weighted by Crippen LogP contribution is 2.38. The van der Waals surface area contributed by atoms with Crippen LogP contribution in [0.1, 0.15) is 29.5 Å². The molecule has 132 valence electrons. The van der Waals surface area contributed by atoms with E-state index in [4.69, 9.17) is 12.2 Å². The lowest BCUT2D eigenvalue weighted by atomic mass is 10.1. The summed E-state index contributed by atoms with van der Waals surface area (Å²) in [6.45, 7) is 2.50. The van der Waals surface area contributed by atoms with Crippen molar-refractivity contribution in [3.8, 4) is 0 Å². The smallest absolute Gasteiger partial charge is 0.251 e. The molecule has 2 atom stereocenters. The third kappa shape index (κ3) is 4.14. The topological polar surface area (TPSA) is 91.8 Å². The summed E-state index contributed by atoms with van der Waals surface area (Å²) < 4.78 is 2.33. The van der Waals surface area contributed by atoms with E-state index in [1.807, 2.05) is 7.05 Å². The lowest BCUT2D eigenvalue weighted by Crippen LogP contribution is -2.26. The van der Waals surface area contributed by atoms with E-state index in [1.54, 1.807) is 28.8 Å². The van der Waals surface area contributed by atoms with Crippen LogP contribution in [0.4, 0.5) is 5.69 Å². The van der Waals surface area contributed by atoms with Crippen LogP contribution in [0.15, 0.2) is 24.3 Å². The van der Waals surface area contributed by atoms with Crippen LogP contribution < -0.4 is 10.6 Å². The number of nitrogens with zero attached hydrogens (tertiary/aromatic N) is 2. The molecule has 1 aromatic carbocycles. The minimum Gasteiger partial charge on any atom is -0.352 e. The van der Waals surface area contributed by atoms with Gasteiger partial charge in [-0.3, -0.25) is 14.7 Å². The average Bonchev–Trinajstić information content (AvgIpc) is 3.25. The molecular weight excluding hydrogens is 338 g/mol. The highest BCUT2D eigenvalue weighted by Gasteiger charge is 2.39. The van der Waals surface area contributed by atoms with Crippen LogP contribution >= 0.6 is 12.2 Å². The Morgan fingerprint density at radius 1 is 1.44 bits per heavy atom. The van der Waals surface area contributed by atoms with Gasteiger partial charge in [0.25, 0.3) is 5.91 Å². The van der Waals surface area contributed by atoms with E-state index in [1.165, 1.54) is 0 Å². The molecule has 1 saturated carbocycles. The van der Waals surface area contributed by atoms with Gasteiger partial charge in [-0.1, -0.05) is 13.0 Å². The van der Waals surface area contributed by atoms with Crippen LogP contribution in [-0.2, 0) is 18.3 Å². The number of amides is 2.